The first kappa shape index (κ1) is 17.8. The van der Waals surface area contributed by atoms with Crippen molar-refractivity contribution >= 4 is 5.91 Å². The Morgan fingerprint density at radius 2 is 2.00 bits per heavy atom. The number of hydrogen-bond donors (Lipinski definition) is 3. The number of carbonyl (C=O) groups excluding carboxylic acids is 1. The van der Waals surface area contributed by atoms with Gasteiger partial charge >= 0.3 is 0 Å². The van der Waals surface area contributed by atoms with E-state index in [0.29, 0.717) is 25.2 Å². The van der Waals surface area contributed by atoms with Gasteiger partial charge in [-0.25, -0.2) is 0 Å². The van der Waals surface area contributed by atoms with Gasteiger partial charge < -0.3 is 19.8 Å². The fourth-order valence-corrected chi connectivity index (χ4v) is 2.56. The van der Waals surface area contributed by atoms with Gasteiger partial charge in [0.05, 0.1) is 13.3 Å². The van der Waals surface area contributed by atoms with E-state index >= 15 is 0 Å². The van der Waals surface area contributed by atoms with E-state index < -0.39 is 0 Å². The van der Waals surface area contributed by atoms with E-state index in [9.17, 15) is 4.79 Å². The molecule has 2 aromatic heterocycles. The van der Waals surface area contributed by atoms with Gasteiger partial charge in [-0.3, -0.25) is 9.89 Å². The fourth-order valence-electron chi connectivity index (χ4n) is 2.56. The predicted octanol–water partition coefficient (Wildman–Crippen LogP) is 2.51. The second kappa shape index (κ2) is 8.35. The Kier molecular flexibility index (Phi) is 5.70. The summed E-state index contributed by atoms with van der Waals surface area (Å²) in [6.07, 6.45) is 1.77. The highest BCUT2D eigenvalue weighted by Crippen LogP contribution is 2.23. The van der Waals surface area contributed by atoms with Crippen LogP contribution in [-0.2, 0) is 6.54 Å². The quantitative estimate of drug-likeness (QED) is 0.541. The zero-order valence-corrected chi connectivity index (χ0v) is 14.8. The number of rotatable bonds is 8. The summed E-state index contributed by atoms with van der Waals surface area (Å²) in [5.74, 6) is 2.25. The number of nitrogens with zero attached hydrogens (tertiary/aromatic N) is 1. The molecule has 0 bridgehead atoms. The average molecular weight is 354 g/mol. The van der Waals surface area contributed by atoms with Crippen molar-refractivity contribution in [1.82, 2.24) is 20.8 Å². The Morgan fingerprint density at radius 1 is 1.19 bits per heavy atom. The summed E-state index contributed by atoms with van der Waals surface area (Å²) in [5.41, 5.74) is 2.49. The number of aromatic nitrogens is 2. The Balaban J connectivity index is 1.43. The van der Waals surface area contributed by atoms with Crippen LogP contribution in [0.15, 0.2) is 47.0 Å². The number of H-pyrrole nitrogens is 1. The van der Waals surface area contributed by atoms with Crippen molar-refractivity contribution < 1.29 is 13.9 Å². The van der Waals surface area contributed by atoms with Crippen molar-refractivity contribution in [2.45, 2.75) is 13.5 Å². The number of ether oxygens (including phenoxy) is 1. The summed E-state index contributed by atoms with van der Waals surface area (Å²) >= 11 is 0. The van der Waals surface area contributed by atoms with Crippen LogP contribution >= 0.6 is 0 Å². The molecule has 0 aliphatic carbocycles. The molecule has 3 aromatic rings. The van der Waals surface area contributed by atoms with Crippen LogP contribution in [0.5, 0.6) is 5.75 Å². The van der Waals surface area contributed by atoms with Crippen LogP contribution in [-0.4, -0.2) is 36.3 Å². The van der Waals surface area contributed by atoms with Crippen molar-refractivity contribution in [1.29, 1.82) is 0 Å². The molecule has 0 atom stereocenters. The van der Waals surface area contributed by atoms with Gasteiger partial charge in [0.15, 0.2) is 5.76 Å². The molecule has 1 aromatic carbocycles. The second-order valence-corrected chi connectivity index (χ2v) is 5.84. The Bertz CT molecular complexity index is 852. The average Bonchev–Trinajstić information content (AvgIpc) is 3.30. The summed E-state index contributed by atoms with van der Waals surface area (Å²) < 4.78 is 10.7. The number of carbonyl (C=O) groups is 1. The maximum atomic E-state index is 12.1. The van der Waals surface area contributed by atoms with E-state index in [0.717, 1.165) is 28.5 Å². The summed E-state index contributed by atoms with van der Waals surface area (Å²) in [6.45, 7) is 3.70. The van der Waals surface area contributed by atoms with Crippen molar-refractivity contribution in [3.8, 4) is 17.2 Å². The first-order valence-electron chi connectivity index (χ1n) is 8.39. The molecule has 0 aliphatic rings. The van der Waals surface area contributed by atoms with Crippen LogP contribution in [0, 0.1) is 6.92 Å². The first-order valence-corrected chi connectivity index (χ1v) is 8.39. The van der Waals surface area contributed by atoms with Gasteiger partial charge in [-0.2, -0.15) is 5.10 Å². The number of methoxy groups -OCH3 is 1. The maximum absolute atomic E-state index is 12.1. The Morgan fingerprint density at radius 3 is 2.69 bits per heavy atom. The lowest BCUT2D eigenvalue weighted by Gasteiger charge is -2.07. The zero-order valence-electron chi connectivity index (χ0n) is 14.8. The lowest BCUT2D eigenvalue weighted by molar-refractivity contribution is 0.0954. The summed E-state index contributed by atoms with van der Waals surface area (Å²) in [4.78, 5) is 12.1. The lowest BCUT2D eigenvalue weighted by Crippen LogP contribution is -2.31. The van der Waals surface area contributed by atoms with E-state index in [1.54, 1.807) is 37.6 Å². The Hall–Kier alpha value is -3.06. The molecule has 7 nitrogen and oxygen atoms in total. The highest BCUT2D eigenvalue weighted by atomic mass is 16.5. The molecule has 26 heavy (non-hydrogen) atoms. The molecule has 0 unspecified atom stereocenters. The number of aryl methyl sites for hydroxylation is 1. The lowest BCUT2D eigenvalue weighted by atomic mass is 10.2. The predicted molar refractivity (Wildman–Crippen MR) is 98.1 cm³/mol. The Labute approximate surface area is 151 Å². The third-order valence-corrected chi connectivity index (χ3v) is 3.96. The molecular formula is C19H22N4O3. The molecule has 0 saturated carbocycles. The molecule has 0 fully saturated rings. The SMILES string of the molecule is COc1ccc(C(=O)NCCNCc2cn[nH]c2-c2ccc(C)o2)cc1. The van der Waals surface area contributed by atoms with Gasteiger partial charge in [0.25, 0.3) is 5.91 Å². The highest BCUT2D eigenvalue weighted by molar-refractivity contribution is 5.94. The van der Waals surface area contributed by atoms with Crippen LogP contribution in [0.25, 0.3) is 11.5 Å². The smallest absolute Gasteiger partial charge is 0.251 e. The fraction of sp³-hybridized carbons (Fsp3) is 0.263. The van der Waals surface area contributed by atoms with Gasteiger partial charge in [0.2, 0.25) is 0 Å². The van der Waals surface area contributed by atoms with Gasteiger partial charge in [-0.15, -0.1) is 0 Å². The molecule has 0 spiro atoms. The largest absolute Gasteiger partial charge is 0.497 e. The molecule has 0 radical (unpaired) electrons. The molecule has 7 heteroatoms. The van der Waals surface area contributed by atoms with Crippen LogP contribution in [0.4, 0.5) is 0 Å². The maximum Gasteiger partial charge on any atom is 0.251 e. The van der Waals surface area contributed by atoms with Gasteiger partial charge in [0, 0.05) is 30.8 Å². The summed E-state index contributed by atoms with van der Waals surface area (Å²) in [6, 6.07) is 10.9. The van der Waals surface area contributed by atoms with Crippen LogP contribution in [0.2, 0.25) is 0 Å². The van der Waals surface area contributed by atoms with E-state index in [4.69, 9.17) is 9.15 Å². The third-order valence-electron chi connectivity index (χ3n) is 3.96. The van der Waals surface area contributed by atoms with Crippen LogP contribution in [0.3, 0.4) is 0 Å². The molecule has 3 N–H and O–H groups in total. The monoisotopic (exact) mass is 354 g/mol. The number of benzene rings is 1. The second-order valence-electron chi connectivity index (χ2n) is 5.84. The molecular weight excluding hydrogens is 332 g/mol. The van der Waals surface area contributed by atoms with Crippen molar-refractivity contribution in [3.63, 3.8) is 0 Å². The molecule has 1 amide bonds. The highest BCUT2D eigenvalue weighted by Gasteiger charge is 2.11. The van der Waals surface area contributed by atoms with Crippen molar-refractivity contribution in [2.24, 2.45) is 0 Å². The number of furan rings is 1. The summed E-state index contributed by atoms with van der Waals surface area (Å²) in [7, 11) is 1.60. The van der Waals surface area contributed by atoms with Crippen molar-refractivity contribution in [2.75, 3.05) is 20.2 Å². The minimum atomic E-state index is -0.107. The standard InChI is InChI=1S/C19H22N4O3/c1-13-3-8-17(26-13)18-15(12-22-23-18)11-20-9-10-21-19(24)14-4-6-16(25-2)7-5-14/h3-8,12,20H,9-11H2,1-2H3,(H,21,24)(H,22,23). The van der Waals surface area contributed by atoms with E-state index in [-0.39, 0.29) is 5.91 Å². The van der Waals surface area contributed by atoms with Gasteiger partial charge in [0.1, 0.15) is 17.2 Å². The van der Waals surface area contributed by atoms with Gasteiger partial charge in [-0.05, 0) is 43.3 Å². The third kappa shape index (κ3) is 4.31. The minimum Gasteiger partial charge on any atom is -0.497 e. The van der Waals surface area contributed by atoms with E-state index in [2.05, 4.69) is 20.8 Å². The normalized spacial score (nSPS) is 10.7. The first-order chi connectivity index (χ1) is 12.7. The summed E-state index contributed by atoms with van der Waals surface area (Å²) in [5, 5.41) is 13.2. The molecule has 2 heterocycles. The van der Waals surface area contributed by atoms with Crippen LogP contribution < -0.4 is 15.4 Å². The minimum absolute atomic E-state index is 0.107. The van der Waals surface area contributed by atoms with E-state index in [1.807, 2.05) is 19.1 Å². The molecule has 0 aliphatic heterocycles. The molecule has 3 rings (SSSR count). The van der Waals surface area contributed by atoms with Crippen LogP contribution in [0.1, 0.15) is 21.7 Å². The number of hydrogen-bond acceptors (Lipinski definition) is 5. The molecule has 0 saturated heterocycles. The number of amides is 1. The van der Waals surface area contributed by atoms with Gasteiger partial charge in [-0.1, -0.05) is 0 Å². The van der Waals surface area contributed by atoms with Crippen molar-refractivity contribution in [3.05, 3.63) is 59.5 Å². The number of nitrogens with one attached hydrogen (secondary N) is 3. The molecule has 136 valence electrons. The zero-order chi connectivity index (χ0) is 18.4. The topological polar surface area (TPSA) is 92.2 Å². The van der Waals surface area contributed by atoms with E-state index in [1.165, 1.54) is 0 Å². The number of aromatic amines is 1.